The molecule has 5 N–H and O–H groups in total. The Kier molecular flexibility index (Phi) is 16.3. The number of rotatable bonds is 20. The normalized spacial score (nSPS) is 27.7. The van der Waals surface area contributed by atoms with Crippen molar-refractivity contribution in [1.29, 1.82) is 0 Å². The van der Waals surface area contributed by atoms with Gasteiger partial charge in [-0.25, -0.2) is 4.79 Å². The molecule has 0 aromatic heterocycles. The van der Waals surface area contributed by atoms with Crippen LogP contribution in [0.2, 0.25) is 0 Å². The third-order valence-electron chi connectivity index (χ3n) is 7.53. The Labute approximate surface area is 201 Å². The number of carboxylic acids is 1. The molecule has 0 amide bonds. The number of hydrogen-bond donors (Lipinski definition) is 5. The van der Waals surface area contributed by atoms with Crippen LogP contribution in [0.15, 0.2) is 0 Å². The topological polar surface area (TPSA) is 118 Å². The minimum Gasteiger partial charge on any atom is -0.479 e. The fourth-order valence-electron chi connectivity index (χ4n) is 5.26. The molecular formula is C27H52O6. The van der Waals surface area contributed by atoms with Crippen molar-refractivity contribution in [1.82, 2.24) is 0 Å². The lowest BCUT2D eigenvalue weighted by atomic mass is 9.69. The molecule has 0 saturated heterocycles. The summed E-state index contributed by atoms with van der Waals surface area (Å²) in [5, 5.41) is 49.7. The van der Waals surface area contributed by atoms with E-state index in [-0.39, 0.29) is 0 Å². The lowest BCUT2D eigenvalue weighted by Gasteiger charge is -2.44. The van der Waals surface area contributed by atoms with Gasteiger partial charge in [-0.05, 0) is 6.42 Å². The summed E-state index contributed by atoms with van der Waals surface area (Å²) in [6.45, 7) is 2.26. The van der Waals surface area contributed by atoms with Crippen molar-refractivity contribution in [2.45, 2.75) is 159 Å². The molecule has 0 bridgehead atoms. The Morgan fingerprint density at radius 3 is 1.39 bits per heavy atom. The molecule has 5 atom stereocenters. The van der Waals surface area contributed by atoms with E-state index in [1.165, 1.54) is 89.9 Å². The van der Waals surface area contributed by atoms with Crippen molar-refractivity contribution >= 4 is 5.97 Å². The van der Waals surface area contributed by atoms with Gasteiger partial charge in [-0.3, -0.25) is 0 Å². The molecule has 1 aliphatic rings. The van der Waals surface area contributed by atoms with E-state index >= 15 is 0 Å². The van der Waals surface area contributed by atoms with E-state index in [4.69, 9.17) is 0 Å². The van der Waals surface area contributed by atoms with Crippen molar-refractivity contribution < 1.29 is 30.3 Å². The highest BCUT2D eigenvalue weighted by atomic mass is 16.4. The summed E-state index contributed by atoms with van der Waals surface area (Å²) in [5.74, 6) is -2.41. The van der Waals surface area contributed by atoms with Crippen LogP contribution >= 0.6 is 0 Å². The SMILES string of the molecule is CCCCCCCCCCCCCCCCCCCCC1[C@@H](O)C(O)[C@H](O)CC1(O)C(=O)O. The average molecular weight is 473 g/mol. The highest BCUT2D eigenvalue weighted by Crippen LogP contribution is 2.38. The minimum atomic E-state index is -2.19. The van der Waals surface area contributed by atoms with Gasteiger partial charge >= 0.3 is 5.97 Å². The second-order valence-corrected chi connectivity index (χ2v) is 10.4. The maximum Gasteiger partial charge on any atom is 0.336 e. The first-order valence-electron chi connectivity index (χ1n) is 13.8. The van der Waals surface area contributed by atoms with Crippen molar-refractivity contribution in [3.8, 4) is 0 Å². The van der Waals surface area contributed by atoms with E-state index in [1.807, 2.05) is 0 Å². The van der Waals surface area contributed by atoms with Crippen LogP contribution in [0.25, 0.3) is 0 Å². The smallest absolute Gasteiger partial charge is 0.336 e. The fraction of sp³-hybridized carbons (Fsp3) is 0.963. The fourth-order valence-corrected chi connectivity index (χ4v) is 5.26. The number of hydrogen-bond acceptors (Lipinski definition) is 5. The third-order valence-corrected chi connectivity index (χ3v) is 7.53. The van der Waals surface area contributed by atoms with Crippen LogP contribution in [0.1, 0.15) is 135 Å². The van der Waals surface area contributed by atoms with Crippen LogP contribution in [0.4, 0.5) is 0 Å². The summed E-state index contributed by atoms with van der Waals surface area (Å²) in [4.78, 5) is 11.5. The molecule has 33 heavy (non-hydrogen) atoms. The molecule has 196 valence electrons. The molecule has 0 heterocycles. The first-order valence-corrected chi connectivity index (χ1v) is 13.8. The Hall–Kier alpha value is -0.690. The maximum absolute atomic E-state index is 11.5. The summed E-state index contributed by atoms with van der Waals surface area (Å²) in [6, 6.07) is 0. The summed E-state index contributed by atoms with van der Waals surface area (Å²) in [7, 11) is 0. The van der Waals surface area contributed by atoms with E-state index in [0.717, 1.165) is 19.3 Å². The standard InChI is InChI=1S/C27H52O6/c1-2-3-4-5-6-7-8-9-10-11-12-13-14-15-16-17-18-19-20-22-24(29)25(30)23(28)21-27(22,33)26(31)32/h22-25,28-30,33H,2-21H2,1H3,(H,31,32)/t22?,23-,24-,25?,27?/m1/s1. The zero-order chi connectivity index (χ0) is 24.5. The van der Waals surface area contributed by atoms with Gasteiger partial charge in [0.15, 0.2) is 5.60 Å². The lowest BCUT2D eigenvalue weighted by Crippen LogP contribution is -2.62. The summed E-state index contributed by atoms with van der Waals surface area (Å²) in [6.07, 6.45) is 18.4. The minimum absolute atomic E-state index is 0.326. The van der Waals surface area contributed by atoms with Crippen LogP contribution in [-0.4, -0.2) is 55.4 Å². The Balaban J connectivity index is 1.98. The maximum atomic E-state index is 11.5. The molecule has 1 fully saturated rings. The van der Waals surface area contributed by atoms with Crippen molar-refractivity contribution in [2.75, 3.05) is 0 Å². The average Bonchev–Trinajstić information content (AvgIpc) is 2.78. The number of carbonyl (C=O) groups is 1. The third kappa shape index (κ3) is 11.5. The van der Waals surface area contributed by atoms with Crippen molar-refractivity contribution in [2.24, 2.45) is 5.92 Å². The molecular weight excluding hydrogens is 420 g/mol. The monoisotopic (exact) mass is 472 g/mol. The first kappa shape index (κ1) is 30.3. The molecule has 6 nitrogen and oxygen atoms in total. The van der Waals surface area contributed by atoms with E-state index in [0.29, 0.717) is 12.8 Å². The van der Waals surface area contributed by atoms with Crippen LogP contribution < -0.4 is 0 Å². The van der Waals surface area contributed by atoms with Gasteiger partial charge < -0.3 is 25.5 Å². The van der Waals surface area contributed by atoms with Crippen LogP contribution in [0, 0.1) is 5.92 Å². The summed E-state index contributed by atoms with van der Waals surface area (Å²) in [5.41, 5.74) is -2.19. The van der Waals surface area contributed by atoms with Crippen molar-refractivity contribution in [3.05, 3.63) is 0 Å². The molecule has 0 spiro atoms. The summed E-state index contributed by atoms with van der Waals surface area (Å²) < 4.78 is 0. The number of unbranched alkanes of at least 4 members (excludes halogenated alkanes) is 17. The van der Waals surface area contributed by atoms with E-state index < -0.39 is 42.2 Å². The second kappa shape index (κ2) is 17.7. The number of aliphatic hydroxyl groups excluding tert-OH is 3. The molecule has 0 aliphatic heterocycles. The molecule has 3 unspecified atom stereocenters. The van der Waals surface area contributed by atoms with Gasteiger partial charge in [0.05, 0.1) is 12.2 Å². The zero-order valence-corrected chi connectivity index (χ0v) is 21.1. The first-order chi connectivity index (χ1) is 15.8. The second-order valence-electron chi connectivity index (χ2n) is 10.4. The van der Waals surface area contributed by atoms with Crippen LogP contribution in [-0.2, 0) is 4.79 Å². The molecule has 1 rings (SSSR count). The Morgan fingerprint density at radius 2 is 1.03 bits per heavy atom. The summed E-state index contributed by atoms with van der Waals surface area (Å²) >= 11 is 0. The molecule has 0 radical (unpaired) electrons. The number of aliphatic hydroxyl groups is 4. The van der Waals surface area contributed by atoms with Gasteiger partial charge in [-0.15, -0.1) is 0 Å². The van der Waals surface area contributed by atoms with E-state index in [2.05, 4.69) is 6.92 Å². The van der Waals surface area contributed by atoms with Gasteiger partial charge in [-0.2, -0.15) is 0 Å². The lowest BCUT2D eigenvalue weighted by molar-refractivity contribution is -0.210. The van der Waals surface area contributed by atoms with Gasteiger partial charge in [0, 0.05) is 12.3 Å². The number of carboxylic acid groups (broad SMARTS) is 1. The molecule has 0 aromatic carbocycles. The van der Waals surface area contributed by atoms with Crippen LogP contribution in [0.5, 0.6) is 0 Å². The quantitative estimate of drug-likeness (QED) is 0.153. The molecule has 0 aromatic rings. The zero-order valence-electron chi connectivity index (χ0n) is 21.1. The Morgan fingerprint density at radius 1 is 0.667 bits per heavy atom. The van der Waals surface area contributed by atoms with E-state index in [9.17, 15) is 30.3 Å². The highest BCUT2D eigenvalue weighted by Gasteiger charge is 2.55. The van der Waals surface area contributed by atoms with Gasteiger partial charge in [0.1, 0.15) is 6.10 Å². The predicted molar refractivity (Wildman–Crippen MR) is 132 cm³/mol. The van der Waals surface area contributed by atoms with Crippen molar-refractivity contribution in [3.63, 3.8) is 0 Å². The predicted octanol–water partition coefficient (Wildman–Crippen LogP) is 5.34. The van der Waals surface area contributed by atoms with Gasteiger partial charge in [0.2, 0.25) is 0 Å². The molecule has 6 heteroatoms. The molecule has 1 saturated carbocycles. The van der Waals surface area contributed by atoms with Gasteiger partial charge in [-0.1, -0.05) is 122 Å². The van der Waals surface area contributed by atoms with Gasteiger partial charge in [0.25, 0.3) is 0 Å². The largest absolute Gasteiger partial charge is 0.479 e. The molecule has 1 aliphatic carbocycles. The number of aliphatic carboxylic acids is 1. The van der Waals surface area contributed by atoms with E-state index in [1.54, 1.807) is 0 Å². The Bertz CT molecular complexity index is 499. The highest BCUT2D eigenvalue weighted by molar-refractivity contribution is 5.78. The van der Waals surface area contributed by atoms with Crippen LogP contribution in [0.3, 0.4) is 0 Å².